The van der Waals surface area contributed by atoms with Gasteiger partial charge in [-0.05, 0) is 48.8 Å². The maximum atomic E-state index is 15.1. The Kier molecular flexibility index (Phi) is 46.9. The van der Waals surface area contributed by atoms with Gasteiger partial charge >= 0.3 is 253 Å². The van der Waals surface area contributed by atoms with Crippen LogP contribution in [0.15, 0.2) is 97.1 Å². The maximum Gasteiger partial charge on any atom is 1.00 e. The Balaban J connectivity index is -0.00000400. The Labute approximate surface area is 653 Å². The average Bonchev–Trinajstić information content (AvgIpc) is 3.31. The molecular formula is C34H30N4Na8O32P6. The van der Waals surface area contributed by atoms with E-state index >= 15 is 9.79 Å². The smallest absolute Gasteiger partial charge is 0.790 e. The van der Waals surface area contributed by atoms with E-state index < -0.39 is 176 Å². The van der Waals surface area contributed by atoms with E-state index in [-0.39, 0.29) is 236 Å². The average molecular weight is 1380 g/mol. The normalized spacial score (nSPS) is 17.9. The molecule has 0 aromatic heterocycles. The molecule has 0 amide bonds. The van der Waals surface area contributed by atoms with Crippen LogP contribution in [0, 0.1) is 40.5 Å². The minimum Gasteiger partial charge on any atom is -0.790 e. The van der Waals surface area contributed by atoms with Gasteiger partial charge in [-0.2, -0.15) is 27.1 Å². The number of phosphoric acid groups is 6. The fourth-order valence-electron chi connectivity index (χ4n) is 6.77. The first-order valence-electron chi connectivity index (χ1n) is 20.0. The second-order valence-corrected chi connectivity index (χ2v) is 22.4. The zero-order valence-corrected chi connectivity index (χ0v) is 66.4. The van der Waals surface area contributed by atoms with Crippen LogP contribution >= 0.6 is 48.7 Å². The van der Waals surface area contributed by atoms with Gasteiger partial charge in [-0.3, -0.25) is 40.5 Å². The van der Waals surface area contributed by atoms with Crippen LogP contribution in [-0.2, 0) is 76.2 Å². The first-order valence-corrected chi connectivity index (χ1v) is 28.8. The predicted octanol–water partition coefficient (Wildman–Crippen LogP) is -29.0. The summed E-state index contributed by atoms with van der Waals surface area (Å²) in [5.74, 6) is 0. The quantitative estimate of drug-likeness (QED) is 0.0220. The summed E-state index contributed by atoms with van der Waals surface area (Å²) < 4.78 is 61.4. The van der Waals surface area contributed by atoms with Gasteiger partial charge in [0.05, 0.1) is 49.8 Å². The van der Waals surface area contributed by atoms with Crippen molar-refractivity contribution in [1.82, 2.24) is 0 Å². The van der Waals surface area contributed by atoms with Crippen molar-refractivity contribution in [3.05, 3.63) is 160 Å². The monoisotopic (exact) mass is 1380 g/mol. The summed E-state index contributed by atoms with van der Waals surface area (Å²) in [5.41, 5.74) is -5.69. The molecule has 0 aliphatic heterocycles. The molecular weight excluding hydrogens is 1350 g/mol. The van der Waals surface area contributed by atoms with Gasteiger partial charge in [0, 0.05) is 24.3 Å². The summed E-state index contributed by atoms with van der Waals surface area (Å²) in [7, 11) is -40.7. The van der Waals surface area contributed by atoms with E-state index in [0.717, 1.165) is 97.1 Å². The van der Waals surface area contributed by atoms with Crippen molar-refractivity contribution >= 4 is 71.4 Å². The van der Waals surface area contributed by atoms with Crippen LogP contribution in [0.1, 0.15) is 22.3 Å². The first-order chi connectivity index (χ1) is 35.2. The second-order valence-electron chi connectivity index (χ2n) is 14.7. The summed E-state index contributed by atoms with van der Waals surface area (Å²) in [6, 6.07) is 15.9. The molecule has 0 heterocycles. The number of nitro benzene ring substituents is 4. The van der Waals surface area contributed by atoms with Gasteiger partial charge in [-0.25, -0.2) is 13.6 Å². The Morgan fingerprint density at radius 1 is 0.345 bits per heavy atom. The topological polar surface area (TPSA) is 582 Å². The van der Waals surface area contributed by atoms with Crippen molar-refractivity contribution in [2.75, 3.05) is 0 Å². The number of phosphoric ester groups is 6. The van der Waals surface area contributed by atoms with Gasteiger partial charge in [0.2, 0.25) is 0 Å². The van der Waals surface area contributed by atoms with Crippen LogP contribution in [0.5, 0.6) is 0 Å². The zero-order chi connectivity index (χ0) is 56.6. The predicted molar refractivity (Wildman–Crippen MR) is 223 cm³/mol. The molecule has 4 aromatic carbocycles. The Morgan fingerprint density at radius 3 is 0.726 bits per heavy atom. The van der Waals surface area contributed by atoms with Gasteiger partial charge in [0.1, 0.15) is 32.5 Å². The van der Waals surface area contributed by atoms with E-state index in [4.69, 9.17) is 27.1 Å². The van der Waals surface area contributed by atoms with E-state index in [1.807, 2.05) is 0 Å². The number of hydrogen-bond acceptors (Lipinski definition) is 32. The largest absolute Gasteiger partial charge is 1.00 e. The first kappa shape index (κ1) is 94.3. The molecule has 1 aliphatic rings. The zero-order valence-electron chi connectivity index (χ0n) is 45.1. The van der Waals surface area contributed by atoms with Crippen molar-refractivity contribution in [1.29, 1.82) is 0 Å². The summed E-state index contributed by atoms with van der Waals surface area (Å²) in [6.45, 7) is -5.61. The molecule has 0 saturated heterocycles. The van der Waals surface area contributed by atoms with Crippen LogP contribution in [0.25, 0.3) is 0 Å². The molecule has 1 fully saturated rings. The third kappa shape index (κ3) is 30.8. The van der Waals surface area contributed by atoms with E-state index in [0.29, 0.717) is 0 Å². The summed E-state index contributed by atoms with van der Waals surface area (Å²) in [6.07, 6.45) is -22.2. The Morgan fingerprint density at radius 2 is 0.536 bits per heavy atom. The number of benzene rings is 4. The molecule has 50 heteroatoms. The second kappa shape index (κ2) is 41.8. The Hall–Kier alpha value is 3.94. The van der Waals surface area contributed by atoms with Gasteiger partial charge in [-0.15, -0.1) is 0 Å². The van der Waals surface area contributed by atoms with Crippen LogP contribution in [0.3, 0.4) is 0 Å². The van der Waals surface area contributed by atoms with Gasteiger partial charge < -0.3 is 72.7 Å². The van der Waals surface area contributed by atoms with Crippen molar-refractivity contribution in [2.45, 2.75) is 63.1 Å². The van der Waals surface area contributed by atoms with E-state index in [2.05, 4.69) is 18.1 Å². The van der Waals surface area contributed by atoms with Crippen molar-refractivity contribution in [3.8, 4) is 0 Å². The van der Waals surface area contributed by atoms with Gasteiger partial charge in [0.25, 0.3) is 22.7 Å². The summed E-state index contributed by atoms with van der Waals surface area (Å²) in [4.78, 5) is 210. The third-order valence-electron chi connectivity index (χ3n) is 9.71. The minimum atomic E-state index is -7.04. The van der Waals surface area contributed by atoms with E-state index in [9.17, 15) is 98.8 Å². The summed E-state index contributed by atoms with van der Waals surface area (Å²) in [5, 5.41) is 47.7. The third-order valence-corrected chi connectivity index (χ3v) is 14.5. The van der Waals surface area contributed by atoms with Crippen molar-refractivity contribution < 1.29 is 370 Å². The molecule has 0 bridgehead atoms. The van der Waals surface area contributed by atoms with Gasteiger partial charge in [-0.1, -0.05) is 48.5 Å². The number of rotatable bonds is 28. The molecule has 1 saturated carbocycles. The van der Waals surface area contributed by atoms with E-state index in [1.54, 1.807) is 0 Å². The maximum absolute atomic E-state index is 15.1. The number of hydrogen-bond donors (Lipinski definition) is 0. The minimum absolute atomic E-state index is 0. The molecule has 1 aliphatic carbocycles. The number of para-hydroxylation sites is 4. The molecule has 0 spiro atoms. The summed E-state index contributed by atoms with van der Waals surface area (Å²) >= 11 is 0. The molecule has 84 heavy (non-hydrogen) atoms. The van der Waals surface area contributed by atoms with Gasteiger partial charge in [0.15, 0.2) is 30.5 Å². The molecule has 0 N–H and O–H groups in total. The Bertz CT molecular complexity index is 2660. The number of nitro groups is 4. The number of nitrogens with zero attached hydrogens (tertiary/aromatic N) is 4. The van der Waals surface area contributed by atoms with Crippen LogP contribution in [0.4, 0.5) is 22.7 Å². The molecule has 36 nitrogen and oxygen atoms in total. The molecule has 6 atom stereocenters. The fraction of sp³-hybridized carbons (Fsp3) is 0.294. The van der Waals surface area contributed by atoms with Crippen molar-refractivity contribution in [3.63, 3.8) is 0 Å². The van der Waals surface area contributed by atoms with Crippen LogP contribution in [0.2, 0.25) is 0 Å². The molecule has 5 rings (SSSR count). The van der Waals surface area contributed by atoms with Crippen molar-refractivity contribution in [2.24, 2.45) is 0 Å². The molecule has 416 valence electrons. The van der Waals surface area contributed by atoms with Crippen LogP contribution in [-0.4, -0.2) is 56.3 Å². The van der Waals surface area contributed by atoms with E-state index in [1.165, 1.54) is 0 Å². The molecule has 0 unspecified atom stereocenters. The molecule has 4 aromatic rings. The fourth-order valence-corrected chi connectivity index (χ4v) is 11.6. The van der Waals surface area contributed by atoms with Crippen LogP contribution < -0.4 is 300 Å². The standard InChI is InChI=1S/C34H38N4O32P6.8Na/c39-35(40)25-13-5-1-9-21(25)17-61-75(59,62-18-22-10-2-6-14-26(22)36(41)42)69-33-31(67-73(53,54)55)29(65-71(47,48)49)30(66-72(50,51)52)32(68-74(56,57)58)34(33)70-76(60,63-19-23-11-3-7-15-27(23)37(43)44)64-20-24-12-4-8-16-28(24)38(45)46;;;;;;;;/h1-16,29-34H,17-20H2,(H2,47,48,49)(H2,50,51,52)(H2,53,54,55)(H2,56,57,58);;;;;;;;/q;8*+1/p-8/t29-,30+,31-,32-,33+,34+;;;;;;;;/m0......../s1. The molecule has 0 radical (unpaired) electrons. The SMILES string of the molecule is O=[N+]([O-])c1ccccc1CO[P+]([O-])(OCc1ccccc1[N+](=O)[O-])O[C@@H]1[C@@H](O[P+]([O-])([O-])[O-])[C@H](OP(=O)([O-])[O-])[C@H](O[P+]([O-])([O-])[O-])[C@H](O[P+]([O-])([O-])[O-])[C@H]1O[P+]([O-])(OCc1ccccc1[N+](=O)[O-])OCc1ccccc1[N+](=O)[O-].[Na+].[Na+].[Na+].[Na+].[Na+].[Na+].[Na+].[Na+].